The number of aryl methyl sites for hydroxylation is 2. The Morgan fingerprint density at radius 2 is 1.81 bits per heavy atom. The summed E-state index contributed by atoms with van der Waals surface area (Å²) in [5.74, 6) is -0.00247. The van der Waals surface area contributed by atoms with E-state index in [2.05, 4.69) is 22.2 Å². The van der Waals surface area contributed by atoms with Gasteiger partial charge in [-0.2, -0.15) is 0 Å². The molecule has 0 aliphatic carbocycles. The van der Waals surface area contributed by atoms with Gasteiger partial charge >= 0.3 is 0 Å². The first kappa shape index (κ1) is 23.5. The Morgan fingerprint density at radius 1 is 1.19 bits per heavy atom. The normalized spacial score (nSPS) is 14.6. The molecule has 3 rings (SSSR count). The molecule has 8 heteroatoms. The van der Waals surface area contributed by atoms with Crippen molar-refractivity contribution in [3.63, 3.8) is 0 Å². The lowest BCUT2D eigenvalue weighted by molar-refractivity contribution is 0.0691. The third-order valence-electron chi connectivity index (χ3n) is 4.96. The number of hydrogen-bond donors (Lipinski definition) is 1. The smallest absolute Gasteiger partial charge is 0.256 e. The Kier molecular flexibility index (Phi) is 8.85. The Hall–Kier alpha value is -1.50. The Bertz CT molecular complexity index is 795. The van der Waals surface area contributed by atoms with Gasteiger partial charge in [0.05, 0.1) is 22.5 Å². The predicted octanol–water partition coefficient (Wildman–Crippen LogP) is 3.69. The first-order valence-electron chi connectivity index (χ1n) is 8.94. The highest BCUT2D eigenvalue weighted by atomic mass is 35.5. The van der Waals surface area contributed by atoms with Crippen molar-refractivity contribution in [1.29, 1.82) is 0 Å². The third kappa shape index (κ3) is 5.27. The van der Waals surface area contributed by atoms with Gasteiger partial charge in [-0.1, -0.05) is 6.92 Å². The van der Waals surface area contributed by atoms with E-state index in [4.69, 9.17) is 0 Å². The van der Waals surface area contributed by atoms with Gasteiger partial charge in [0.2, 0.25) is 0 Å². The fourth-order valence-electron chi connectivity index (χ4n) is 3.32. The van der Waals surface area contributed by atoms with Crippen LogP contribution >= 0.6 is 24.8 Å². The Labute approximate surface area is 172 Å². The largest absolute Gasteiger partial charge is 0.339 e. The van der Waals surface area contributed by atoms with Gasteiger partial charge in [-0.3, -0.25) is 4.79 Å². The summed E-state index contributed by atoms with van der Waals surface area (Å²) >= 11 is 0. The van der Waals surface area contributed by atoms with Crippen LogP contribution in [0.15, 0.2) is 12.1 Å². The maximum absolute atomic E-state index is 14.0. The van der Waals surface area contributed by atoms with Crippen molar-refractivity contribution >= 4 is 41.8 Å². The van der Waals surface area contributed by atoms with Gasteiger partial charge in [0.25, 0.3) is 5.91 Å². The zero-order chi connectivity index (χ0) is 18.0. The highest BCUT2D eigenvalue weighted by Gasteiger charge is 2.25. The molecule has 1 aromatic heterocycles. The van der Waals surface area contributed by atoms with Crippen molar-refractivity contribution in [2.24, 2.45) is 5.92 Å². The van der Waals surface area contributed by atoms with Gasteiger partial charge < -0.3 is 10.2 Å². The first-order valence-corrected chi connectivity index (χ1v) is 8.94. The fourth-order valence-corrected chi connectivity index (χ4v) is 3.32. The minimum Gasteiger partial charge on any atom is -0.339 e. The summed E-state index contributed by atoms with van der Waals surface area (Å²) in [7, 11) is 0. The molecule has 0 spiro atoms. The molecule has 27 heavy (non-hydrogen) atoms. The molecule has 0 unspecified atom stereocenters. The summed E-state index contributed by atoms with van der Waals surface area (Å²) in [6, 6.07) is 2.63. The van der Waals surface area contributed by atoms with E-state index in [-0.39, 0.29) is 30.7 Å². The number of carbonyl (C=O) groups is 1. The predicted molar refractivity (Wildman–Crippen MR) is 111 cm³/mol. The molecule has 1 aromatic carbocycles. The summed E-state index contributed by atoms with van der Waals surface area (Å²) in [6.07, 6.45) is 1.94. The third-order valence-corrected chi connectivity index (χ3v) is 4.96. The molecule has 2 heterocycles. The zero-order valence-electron chi connectivity index (χ0n) is 15.9. The van der Waals surface area contributed by atoms with Gasteiger partial charge in [0, 0.05) is 19.2 Å². The molecule has 0 atom stereocenters. The van der Waals surface area contributed by atoms with Crippen LogP contribution in [0.3, 0.4) is 0 Å². The number of aromatic nitrogens is 2. The minimum atomic E-state index is -0.449. The number of hydrogen-bond acceptors (Lipinski definition) is 4. The summed E-state index contributed by atoms with van der Waals surface area (Å²) in [6.45, 7) is 9.14. The molecule has 5 nitrogen and oxygen atoms in total. The molecular formula is C19H27Cl2FN4O. The van der Waals surface area contributed by atoms with Crippen molar-refractivity contribution in [2.45, 2.75) is 33.6 Å². The summed E-state index contributed by atoms with van der Waals surface area (Å²) in [4.78, 5) is 23.7. The Balaban J connectivity index is 0.00000182. The number of benzene rings is 1. The maximum Gasteiger partial charge on any atom is 0.256 e. The molecule has 150 valence electrons. The van der Waals surface area contributed by atoms with Crippen LogP contribution in [0.5, 0.6) is 0 Å². The van der Waals surface area contributed by atoms with E-state index in [9.17, 15) is 9.18 Å². The van der Waals surface area contributed by atoms with Crippen LogP contribution in [-0.4, -0.2) is 47.0 Å². The number of halogens is 3. The second kappa shape index (κ2) is 10.2. The summed E-state index contributed by atoms with van der Waals surface area (Å²) in [5, 5.41) is 3.37. The van der Waals surface area contributed by atoms with Crippen LogP contribution in [0.25, 0.3) is 11.0 Å². The van der Waals surface area contributed by atoms with Crippen molar-refractivity contribution in [3.8, 4) is 0 Å². The van der Waals surface area contributed by atoms with Crippen molar-refractivity contribution < 1.29 is 9.18 Å². The van der Waals surface area contributed by atoms with Crippen LogP contribution in [-0.2, 0) is 0 Å². The minimum absolute atomic E-state index is 0. The van der Waals surface area contributed by atoms with Crippen molar-refractivity contribution in [1.82, 2.24) is 20.2 Å². The lowest BCUT2D eigenvalue weighted by Crippen LogP contribution is -2.41. The van der Waals surface area contributed by atoms with Crippen molar-refractivity contribution in [2.75, 3.05) is 26.2 Å². The number of rotatable bonds is 4. The standard InChI is InChI=1S/C19H25FN4O.2ClH/c1-4-21-11-14-5-7-24(8-6-14)19(25)16-9-15(20)10-17-18(16)23-13(3)12(2)22-17;;/h9-10,14,21H,4-8,11H2,1-3H3;2*1H. The molecule has 0 radical (unpaired) electrons. The molecule has 1 amide bonds. The van der Waals surface area contributed by atoms with E-state index in [1.165, 1.54) is 12.1 Å². The second-order valence-electron chi connectivity index (χ2n) is 6.76. The van der Waals surface area contributed by atoms with Gasteiger partial charge in [0.15, 0.2) is 0 Å². The van der Waals surface area contributed by atoms with Crippen LogP contribution in [0.4, 0.5) is 4.39 Å². The molecule has 0 saturated carbocycles. The average molecular weight is 417 g/mol. The lowest BCUT2D eigenvalue weighted by Gasteiger charge is -2.32. The van der Waals surface area contributed by atoms with Gasteiger partial charge in [-0.25, -0.2) is 14.4 Å². The molecular weight excluding hydrogens is 390 g/mol. The Morgan fingerprint density at radius 3 is 2.44 bits per heavy atom. The number of piperidine rings is 1. The number of carbonyl (C=O) groups excluding carboxylic acids is 1. The molecule has 2 aromatic rings. The highest BCUT2D eigenvalue weighted by molar-refractivity contribution is 6.04. The van der Waals surface area contributed by atoms with E-state index in [0.717, 1.165) is 37.3 Å². The quantitative estimate of drug-likeness (QED) is 0.825. The highest BCUT2D eigenvalue weighted by Crippen LogP contribution is 2.23. The zero-order valence-corrected chi connectivity index (χ0v) is 17.6. The molecule has 1 aliphatic rings. The van der Waals surface area contributed by atoms with Crippen LogP contribution in [0.1, 0.15) is 41.5 Å². The average Bonchev–Trinajstić information content (AvgIpc) is 2.60. The summed E-state index contributed by atoms with van der Waals surface area (Å²) in [5.41, 5.74) is 2.76. The maximum atomic E-state index is 14.0. The van der Waals surface area contributed by atoms with Crippen molar-refractivity contribution in [3.05, 3.63) is 34.9 Å². The monoisotopic (exact) mass is 416 g/mol. The topological polar surface area (TPSA) is 58.1 Å². The fraction of sp³-hybridized carbons (Fsp3) is 0.526. The van der Waals surface area contributed by atoms with E-state index in [0.29, 0.717) is 35.6 Å². The molecule has 0 bridgehead atoms. The van der Waals surface area contributed by atoms with Gasteiger partial charge in [0.1, 0.15) is 11.3 Å². The molecule has 1 aliphatic heterocycles. The number of fused-ring (bicyclic) bond motifs is 1. The second-order valence-corrected chi connectivity index (χ2v) is 6.76. The van der Waals surface area contributed by atoms with Crippen LogP contribution < -0.4 is 5.32 Å². The SMILES string of the molecule is CCNCC1CCN(C(=O)c2cc(F)cc3nc(C)c(C)nc23)CC1.Cl.Cl. The number of nitrogens with one attached hydrogen (secondary N) is 1. The molecule has 1 saturated heterocycles. The number of nitrogens with zero attached hydrogens (tertiary/aromatic N) is 3. The van der Waals surface area contributed by atoms with E-state index >= 15 is 0 Å². The number of amides is 1. The van der Waals surface area contributed by atoms with E-state index < -0.39 is 5.82 Å². The number of likely N-dealkylation sites (tertiary alicyclic amines) is 1. The van der Waals surface area contributed by atoms with Gasteiger partial charge in [-0.15, -0.1) is 24.8 Å². The first-order chi connectivity index (χ1) is 12.0. The van der Waals surface area contributed by atoms with Crippen LogP contribution in [0, 0.1) is 25.6 Å². The van der Waals surface area contributed by atoms with E-state index in [1.54, 1.807) is 0 Å². The summed E-state index contributed by atoms with van der Waals surface area (Å²) < 4.78 is 14.0. The van der Waals surface area contributed by atoms with Crippen LogP contribution in [0.2, 0.25) is 0 Å². The van der Waals surface area contributed by atoms with Gasteiger partial charge in [-0.05, 0) is 51.8 Å². The van der Waals surface area contributed by atoms with E-state index in [1.807, 2.05) is 18.7 Å². The lowest BCUT2D eigenvalue weighted by atomic mass is 9.96. The molecule has 1 N–H and O–H groups in total. The molecule has 1 fully saturated rings.